The highest BCUT2D eigenvalue weighted by atomic mass is 32.2. The minimum absolute atomic E-state index is 0.0604. The molecular weight excluding hydrogens is 255 g/mol. The molecule has 0 spiro atoms. The Labute approximate surface area is 101 Å². The van der Waals surface area contributed by atoms with Crippen molar-refractivity contribution >= 4 is 9.84 Å². The monoisotopic (exact) mass is 275 g/mol. The Morgan fingerprint density at radius 1 is 1.29 bits per heavy atom. The second-order valence-electron chi connectivity index (χ2n) is 4.24. The van der Waals surface area contributed by atoms with Crippen LogP contribution in [0.5, 0.6) is 0 Å². The first-order valence-electron chi connectivity index (χ1n) is 5.62. The SMILES string of the molecule is CCCNC(CCCS(C)(=O)=O)CC(F)(F)F. The van der Waals surface area contributed by atoms with Crippen LogP contribution in [0.4, 0.5) is 13.2 Å². The molecule has 0 saturated carbocycles. The van der Waals surface area contributed by atoms with Gasteiger partial charge in [0.15, 0.2) is 0 Å². The summed E-state index contributed by atoms with van der Waals surface area (Å²) in [6.45, 7) is 2.38. The largest absolute Gasteiger partial charge is 0.390 e. The zero-order chi connectivity index (χ0) is 13.5. The number of halogens is 3. The summed E-state index contributed by atoms with van der Waals surface area (Å²) in [5.41, 5.74) is 0. The molecule has 17 heavy (non-hydrogen) atoms. The van der Waals surface area contributed by atoms with Gasteiger partial charge in [0, 0.05) is 18.1 Å². The molecule has 0 rings (SSSR count). The Morgan fingerprint density at radius 3 is 2.29 bits per heavy atom. The molecule has 3 nitrogen and oxygen atoms in total. The fourth-order valence-corrected chi connectivity index (χ4v) is 2.19. The zero-order valence-corrected chi connectivity index (χ0v) is 11.0. The van der Waals surface area contributed by atoms with Crippen LogP contribution in [-0.4, -0.2) is 39.2 Å². The number of hydrogen-bond donors (Lipinski definition) is 1. The van der Waals surface area contributed by atoms with Gasteiger partial charge in [-0.25, -0.2) is 8.42 Å². The minimum atomic E-state index is -4.21. The number of sulfone groups is 1. The molecule has 0 aromatic rings. The molecule has 104 valence electrons. The van der Waals surface area contributed by atoms with Gasteiger partial charge in [0.05, 0.1) is 6.42 Å². The maximum atomic E-state index is 12.2. The normalized spacial score (nSPS) is 14.9. The smallest absolute Gasteiger partial charge is 0.314 e. The van der Waals surface area contributed by atoms with Gasteiger partial charge in [-0.2, -0.15) is 13.2 Å². The van der Waals surface area contributed by atoms with Crippen molar-refractivity contribution in [3.63, 3.8) is 0 Å². The third kappa shape index (κ3) is 12.0. The summed E-state index contributed by atoms with van der Waals surface area (Å²) < 4.78 is 58.4. The number of hydrogen-bond acceptors (Lipinski definition) is 3. The average molecular weight is 275 g/mol. The maximum absolute atomic E-state index is 12.2. The highest BCUT2D eigenvalue weighted by Crippen LogP contribution is 2.23. The Morgan fingerprint density at radius 2 is 1.88 bits per heavy atom. The van der Waals surface area contributed by atoms with Crippen LogP contribution in [0.2, 0.25) is 0 Å². The van der Waals surface area contributed by atoms with Crippen molar-refractivity contribution in [1.82, 2.24) is 5.32 Å². The summed E-state index contributed by atoms with van der Waals surface area (Å²) in [4.78, 5) is 0. The van der Waals surface area contributed by atoms with E-state index in [1.165, 1.54) is 0 Å². The first-order chi connectivity index (χ1) is 7.64. The Bertz CT molecular complexity index is 301. The van der Waals surface area contributed by atoms with Gasteiger partial charge in [0.2, 0.25) is 0 Å². The quantitative estimate of drug-likeness (QED) is 0.738. The summed E-state index contributed by atoms with van der Waals surface area (Å²) in [5, 5.41) is 2.80. The van der Waals surface area contributed by atoms with Crippen LogP contribution in [0.15, 0.2) is 0 Å². The van der Waals surface area contributed by atoms with Gasteiger partial charge >= 0.3 is 6.18 Å². The van der Waals surface area contributed by atoms with Gasteiger partial charge in [0.1, 0.15) is 9.84 Å². The van der Waals surface area contributed by atoms with Crippen LogP contribution in [0.1, 0.15) is 32.6 Å². The van der Waals surface area contributed by atoms with Gasteiger partial charge < -0.3 is 5.32 Å². The molecule has 1 unspecified atom stereocenters. The van der Waals surface area contributed by atoms with Crippen molar-refractivity contribution in [3.05, 3.63) is 0 Å². The maximum Gasteiger partial charge on any atom is 0.390 e. The molecule has 0 bridgehead atoms. The Kier molecular flexibility index (Phi) is 7.08. The summed E-state index contributed by atoms with van der Waals surface area (Å²) in [6, 6.07) is -0.684. The molecule has 0 aromatic carbocycles. The van der Waals surface area contributed by atoms with Crippen molar-refractivity contribution in [2.24, 2.45) is 0 Å². The van der Waals surface area contributed by atoms with E-state index in [4.69, 9.17) is 0 Å². The van der Waals surface area contributed by atoms with Crippen LogP contribution in [0.3, 0.4) is 0 Å². The fraction of sp³-hybridized carbons (Fsp3) is 1.00. The highest BCUT2D eigenvalue weighted by molar-refractivity contribution is 7.90. The van der Waals surface area contributed by atoms with Crippen LogP contribution in [0.25, 0.3) is 0 Å². The van der Waals surface area contributed by atoms with Crippen LogP contribution in [0, 0.1) is 0 Å². The van der Waals surface area contributed by atoms with E-state index >= 15 is 0 Å². The Hall–Kier alpha value is -0.300. The fourth-order valence-electron chi connectivity index (χ4n) is 1.50. The molecule has 0 heterocycles. The molecule has 0 aliphatic rings. The number of nitrogens with one attached hydrogen (secondary N) is 1. The van der Waals surface area contributed by atoms with Gasteiger partial charge in [-0.1, -0.05) is 6.92 Å². The van der Waals surface area contributed by atoms with E-state index in [0.717, 1.165) is 12.7 Å². The van der Waals surface area contributed by atoms with E-state index in [2.05, 4.69) is 5.32 Å². The lowest BCUT2D eigenvalue weighted by Gasteiger charge is -2.19. The summed E-state index contributed by atoms with van der Waals surface area (Å²) in [7, 11) is -3.09. The highest BCUT2D eigenvalue weighted by Gasteiger charge is 2.31. The lowest BCUT2D eigenvalue weighted by atomic mass is 10.1. The van der Waals surface area contributed by atoms with Crippen molar-refractivity contribution in [1.29, 1.82) is 0 Å². The van der Waals surface area contributed by atoms with E-state index in [0.29, 0.717) is 6.54 Å². The number of rotatable bonds is 8. The predicted molar refractivity (Wildman–Crippen MR) is 61.7 cm³/mol. The molecule has 0 aliphatic carbocycles. The molecule has 0 radical (unpaired) electrons. The van der Waals surface area contributed by atoms with E-state index in [9.17, 15) is 21.6 Å². The molecule has 0 aromatic heterocycles. The molecule has 0 aliphatic heterocycles. The average Bonchev–Trinajstić information content (AvgIpc) is 2.09. The molecule has 0 amide bonds. The molecule has 1 N–H and O–H groups in total. The van der Waals surface area contributed by atoms with Gasteiger partial charge in [0.25, 0.3) is 0 Å². The molecule has 7 heteroatoms. The molecule has 0 fully saturated rings. The molecule has 0 saturated heterocycles. The minimum Gasteiger partial charge on any atom is -0.314 e. The molecular formula is C10H20F3NO2S. The van der Waals surface area contributed by atoms with Gasteiger partial charge in [-0.05, 0) is 25.8 Å². The third-order valence-corrected chi connectivity index (χ3v) is 3.26. The lowest BCUT2D eigenvalue weighted by Crippen LogP contribution is -2.34. The zero-order valence-electron chi connectivity index (χ0n) is 10.2. The van der Waals surface area contributed by atoms with E-state index < -0.39 is 28.5 Å². The van der Waals surface area contributed by atoms with Crippen molar-refractivity contribution in [2.45, 2.75) is 44.8 Å². The van der Waals surface area contributed by atoms with Crippen molar-refractivity contribution < 1.29 is 21.6 Å². The van der Waals surface area contributed by atoms with Crippen LogP contribution in [-0.2, 0) is 9.84 Å². The first kappa shape index (κ1) is 16.7. The van der Waals surface area contributed by atoms with E-state index in [1.807, 2.05) is 6.92 Å². The Balaban J connectivity index is 4.10. The molecule has 1 atom stereocenters. The summed E-state index contributed by atoms with van der Waals surface area (Å²) >= 11 is 0. The third-order valence-electron chi connectivity index (χ3n) is 2.23. The lowest BCUT2D eigenvalue weighted by molar-refractivity contribution is -0.140. The topological polar surface area (TPSA) is 46.2 Å². The number of alkyl halides is 3. The predicted octanol–water partition coefficient (Wildman–Crippen LogP) is 2.13. The van der Waals surface area contributed by atoms with Gasteiger partial charge in [-0.3, -0.25) is 0 Å². The van der Waals surface area contributed by atoms with Crippen LogP contribution < -0.4 is 5.32 Å². The van der Waals surface area contributed by atoms with Crippen molar-refractivity contribution in [2.75, 3.05) is 18.6 Å². The van der Waals surface area contributed by atoms with Crippen molar-refractivity contribution in [3.8, 4) is 0 Å². The van der Waals surface area contributed by atoms with E-state index in [-0.39, 0.29) is 18.6 Å². The van der Waals surface area contributed by atoms with Crippen LogP contribution >= 0.6 is 0 Å². The van der Waals surface area contributed by atoms with Gasteiger partial charge in [-0.15, -0.1) is 0 Å². The second kappa shape index (κ2) is 7.20. The van der Waals surface area contributed by atoms with E-state index in [1.54, 1.807) is 0 Å². The first-order valence-corrected chi connectivity index (χ1v) is 7.68. The summed E-state index contributed by atoms with van der Waals surface area (Å²) in [6.07, 6.45) is -2.79. The standard InChI is InChI=1S/C10H20F3NO2S/c1-3-6-14-9(8-10(11,12)13)5-4-7-17(2,15)16/h9,14H,3-8H2,1-2H3. The second-order valence-corrected chi connectivity index (χ2v) is 6.50. The summed E-state index contributed by atoms with van der Waals surface area (Å²) in [5.74, 6) is -0.0604.